The van der Waals surface area contributed by atoms with Gasteiger partial charge in [0.05, 0.1) is 30.8 Å². The number of ether oxygens (including phenoxy) is 4. The average molecular weight is 751 g/mol. The van der Waals surface area contributed by atoms with E-state index in [2.05, 4.69) is 47.6 Å². The van der Waals surface area contributed by atoms with Crippen LogP contribution in [0.25, 0.3) is 0 Å². The van der Waals surface area contributed by atoms with E-state index in [1.165, 1.54) is 5.57 Å². The van der Waals surface area contributed by atoms with Crippen LogP contribution in [-0.4, -0.2) is 116 Å². The zero-order valence-electron chi connectivity index (χ0n) is 32.7. The first kappa shape index (κ1) is 40.0. The zero-order valence-corrected chi connectivity index (χ0v) is 32.7. The van der Waals surface area contributed by atoms with Crippen molar-refractivity contribution in [2.45, 2.75) is 174 Å². The number of hydrogen-bond donors (Lipinski definition) is 7. The van der Waals surface area contributed by atoms with Gasteiger partial charge in [-0.1, -0.05) is 53.2 Å². The Bertz CT molecular complexity index is 1430. The predicted molar refractivity (Wildman–Crippen MR) is 192 cm³/mol. The first-order valence-corrected chi connectivity index (χ1v) is 20.2. The molecule has 4 unspecified atom stereocenters. The molecule has 2 saturated heterocycles. The highest BCUT2D eigenvalue weighted by molar-refractivity contribution is 5.76. The minimum atomic E-state index is -1.60. The summed E-state index contributed by atoms with van der Waals surface area (Å²) >= 11 is 0. The van der Waals surface area contributed by atoms with Gasteiger partial charge in [-0.3, -0.25) is 4.79 Å². The molecule has 17 atom stereocenters. The highest BCUT2D eigenvalue weighted by Gasteiger charge is 2.70. The zero-order chi connectivity index (χ0) is 38.7. The van der Waals surface area contributed by atoms with Crippen molar-refractivity contribution in [3.8, 4) is 0 Å². The van der Waals surface area contributed by atoms with Crippen LogP contribution in [0.3, 0.4) is 0 Å². The van der Waals surface area contributed by atoms with Gasteiger partial charge < -0.3 is 54.7 Å². The van der Waals surface area contributed by atoms with Gasteiger partial charge >= 0.3 is 5.97 Å². The molecule has 0 spiro atoms. The molecular weight excluding hydrogens is 684 g/mol. The summed E-state index contributed by atoms with van der Waals surface area (Å²) in [7, 11) is 0. The number of carboxylic acid groups (broad SMARTS) is 1. The van der Waals surface area contributed by atoms with Gasteiger partial charge in [0.1, 0.15) is 36.6 Å². The molecule has 5 aliphatic carbocycles. The van der Waals surface area contributed by atoms with Crippen molar-refractivity contribution in [1.82, 2.24) is 0 Å². The normalized spacial score (nSPS) is 53.3. The van der Waals surface area contributed by atoms with Gasteiger partial charge in [0.2, 0.25) is 0 Å². The number of carboxylic acids is 1. The topological polar surface area (TPSA) is 196 Å². The van der Waals surface area contributed by atoms with Crippen LogP contribution in [0.15, 0.2) is 11.6 Å². The number of allylic oxidation sites excluding steroid dienone is 1. The molecule has 2 heterocycles. The van der Waals surface area contributed by atoms with Crippen molar-refractivity contribution >= 4 is 5.97 Å². The highest BCUT2D eigenvalue weighted by Crippen LogP contribution is 2.76. The minimum Gasteiger partial charge on any atom is -0.481 e. The summed E-state index contributed by atoms with van der Waals surface area (Å²) in [6.07, 6.45) is -1.74. The van der Waals surface area contributed by atoms with Crippen molar-refractivity contribution in [1.29, 1.82) is 0 Å². The predicted octanol–water partition coefficient (Wildman–Crippen LogP) is 3.52. The average Bonchev–Trinajstić information content (AvgIpc) is 3.09. The van der Waals surface area contributed by atoms with Crippen molar-refractivity contribution in [3.05, 3.63) is 11.6 Å². The molecule has 12 nitrogen and oxygen atoms in total. The van der Waals surface area contributed by atoms with Gasteiger partial charge in [0, 0.05) is 5.41 Å². The van der Waals surface area contributed by atoms with Gasteiger partial charge in [0.25, 0.3) is 0 Å². The Balaban J connectivity index is 1.15. The third-order valence-corrected chi connectivity index (χ3v) is 16.8. The van der Waals surface area contributed by atoms with E-state index >= 15 is 0 Å². The SMILES string of the molecule is C[C@@H]1O[C@@H](O[C@H]2[C@H](OC3CC[C@@]4(C)C(CC[C@]5(C)C4CC=C4C6CC(C)(C)CC[C@]6(C(=O)O)CC[C@]45CO)C3(C)C)OC[C@@H](O)[C@@H]2O)[C@H](O)[C@H](O)[C@H]1O. The maximum Gasteiger partial charge on any atom is 0.310 e. The summed E-state index contributed by atoms with van der Waals surface area (Å²) in [6.45, 7) is 15.2. The van der Waals surface area contributed by atoms with Gasteiger partial charge in [-0.25, -0.2) is 0 Å². The molecule has 2 aliphatic heterocycles. The van der Waals surface area contributed by atoms with E-state index in [1.54, 1.807) is 6.92 Å². The van der Waals surface area contributed by atoms with E-state index in [4.69, 9.17) is 18.9 Å². The maximum atomic E-state index is 13.1. The summed E-state index contributed by atoms with van der Waals surface area (Å²) in [4.78, 5) is 13.1. The molecule has 12 heteroatoms. The lowest BCUT2D eigenvalue weighted by Crippen LogP contribution is -2.67. The Morgan fingerprint density at radius 1 is 0.830 bits per heavy atom. The monoisotopic (exact) mass is 750 g/mol. The molecule has 0 aromatic rings. The molecule has 0 aromatic heterocycles. The Morgan fingerprint density at radius 3 is 2.21 bits per heavy atom. The molecule has 0 bridgehead atoms. The van der Waals surface area contributed by atoms with Crippen LogP contribution in [0.2, 0.25) is 0 Å². The smallest absolute Gasteiger partial charge is 0.310 e. The highest BCUT2D eigenvalue weighted by atomic mass is 16.8. The van der Waals surface area contributed by atoms with Crippen LogP contribution in [0, 0.1) is 50.2 Å². The Morgan fingerprint density at radius 2 is 1.53 bits per heavy atom. The van der Waals surface area contributed by atoms with Crippen molar-refractivity contribution in [3.63, 3.8) is 0 Å². The summed E-state index contributed by atoms with van der Waals surface area (Å²) in [5, 5.41) is 75.1. The van der Waals surface area contributed by atoms with Crippen LogP contribution in [0.5, 0.6) is 0 Å². The number of hydrogen-bond acceptors (Lipinski definition) is 11. The van der Waals surface area contributed by atoms with Gasteiger partial charge in [0.15, 0.2) is 12.6 Å². The Labute approximate surface area is 314 Å². The Kier molecular flexibility index (Phi) is 10.2. The second-order valence-corrected chi connectivity index (χ2v) is 20.1. The standard InChI is InChI=1S/C41H66O12/c1-21-28(44)30(46)31(47)33(51-21)53-32-29(45)24(43)19-50-34(32)52-27-11-12-38(6)25(37(27,4)5)10-13-39(7)26(38)9-8-22-23-18-36(2,3)14-15-40(23,35(48)49)16-17-41(22,39)20-42/h8,21,23-34,42-47H,9-20H2,1-7H3,(H,48,49)/t21-,23?,24+,25?,26?,27?,28-,29-,30+,31+,32+,33-,34-,38-,39+,40-,41-/m0/s1. The number of aliphatic hydroxyl groups excluding tert-OH is 6. The molecular formula is C41H66O12. The van der Waals surface area contributed by atoms with E-state index < -0.39 is 72.1 Å². The lowest BCUT2D eigenvalue weighted by Gasteiger charge is -2.71. The fourth-order valence-electron chi connectivity index (χ4n) is 13.5. The fraction of sp³-hybridized carbons (Fsp3) is 0.927. The second-order valence-electron chi connectivity index (χ2n) is 20.1. The summed E-state index contributed by atoms with van der Waals surface area (Å²) < 4.78 is 24.4. The number of fused-ring (bicyclic) bond motifs is 7. The van der Waals surface area contributed by atoms with E-state index in [-0.39, 0.29) is 58.7 Å². The summed E-state index contributed by atoms with van der Waals surface area (Å²) in [5.74, 6) is -0.248. The lowest BCUT2D eigenvalue weighted by molar-refractivity contribution is -0.364. The summed E-state index contributed by atoms with van der Waals surface area (Å²) in [5.41, 5.74) is -0.651. The molecule has 302 valence electrons. The number of aliphatic hydroxyl groups is 6. The fourth-order valence-corrected chi connectivity index (χ4v) is 13.5. The molecule has 6 fully saturated rings. The van der Waals surface area contributed by atoms with Crippen molar-refractivity contribution < 1.29 is 59.5 Å². The van der Waals surface area contributed by atoms with Crippen LogP contribution >= 0.6 is 0 Å². The van der Waals surface area contributed by atoms with Crippen LogP contribution in [-0.2, 0) is 23.7 Å². The van der Waals surface area contributed by atoms with E-state index in [0.717, 1.165) is 38.5 Å². The molecule has 0 amide bonds. The second kappa shape index (κ2) is 13.5. The molecule has 7 rings (SSSR count). The molecule has 0 aromatic carbocycles. The van der Waals surface area contributed by atoms with Gasteiger partial charge in [-0.15, -0.1) is 0 Å². The van der Waals surface area contributed by atoms with Crippen molar-refractivity contribution in [2.24, 2.45) is 50.2 Å². The van der Waals surface area contributed by atoms with Crippen molar-refractivity contribution in [2.75, 3.05) is 13.2 Å². The van der Waals surface area contributed by atoms with Crippen LogP contribution in [0.1, 0.15) is 113 Å². The number of carbonyl (C=O) groups is 1. The number of aliphatic carboxylic acids is 1. The third-order valence-electron chi connectivity index (χ3n) is 16.8. The lowest BCUT2D eigenvalue weighted by atomic mass is 9.33. The quantitative estimate of drug-likeness (QED) is 0.155. The van der Waals surface area contributed by atoms with Gasteiger partial charge in [-0.05, 0) is 111 Å². The first-order chi connectivity index (χ1) is 24.7. The Hall–Kier alpha value is -1.19. The van der Waals surface area contributed by atoms with E-state index in [0.29, 0.717) is 25.7 Å². The van der Waals surface area contributed by atoms with Crippen LogP contribution < -0.4 is 0 Å². The molecule has 4 saturated carbocycles. The van der Waals surface area contributed by atoms with Gasteiger partial charge in [-0.2, -0.15) is 0 Å². The molecule has 7 aliphatic rings. The maximum absolute atomic E-state index is 13.1. The third kappa shape index (κ3) is 5.85. The van der Waals surface area contributed by atoms with E-state index in [1.807, 2.05) is 0 Å². The first-order valence-electron chi connectivity index (χ1n) is 20.2. The summed E-state index contributed by atoms with van der Waals surface area (Å²) in [6, 6.07) is 0. The molecule has 53 heavy (non-hydrogen) atoms. The number of rotatable bonds is 6. The molecule has 0 radical (unpaired) electrons. The largest absolute Gasteiger partial charge is 0.481 e. The van der Waals surface area contributed by atoms with E-state index in [9.17, 15) is 40.5 Å². The molecule has 7 N–H and O–H groups in total. The minimum absolute atomic E-state index is 0.0249. The van der Waals surface area contributed by atoms with Crippen LogP contribution in [0.4, 0.5) is 0 Å².